The lowest BCUT2D eigenvalue weighted by Gasteiger charge is -2.34. The number of nitrogens with one attached hydrogen (secondary N) is 1. The molecule has 2 heterocycles. The molecule has 1 fully saturated rings. The van der Waals surface area contributed by atoms with Crippen molar-refractivity contribution in [3.8, 4) is 17.1 Å². The van der Waals surface area contributed by atoms with Crippen molar-refractivity contribution in [3.63, 3.8) is 0 Å². The molecule has 2 N–H and O–H groups in total. The van der Waals surface area contributed by atoms with Gasteiger partial charge in [0.2, 0.25) is 5.91 Å². The van der Waals surface area contributed by atoms with Gasteiger partial charge >= 0.3 is 0 Å². The normalized spacial score (nSPS) is 14.8. The number of nitrogens with zero attached hydrogens (tertiary/aromatic N) is 3. The van der Waals surface area contributed by atoms with Crippen molar-refractivity contribution in [2.45, 2.75) is 45.6 Å². The lowest BCUT2D eigenvalue weighted by atomic mass is 10.0. The predicted molar refractivity (Wildman–Crippen MR) is 120 cm³/mol. The van der Waals surface area contributed by atoms with Gasteiger partial charge in [-0.1, -0.05) is 25.1 Å². The summed E-state index contributed by atoms with van der Waals surface area (Å²) in [5.41, 5.74) is 2.63. The quantitative estimate of drug-likeness (QED) is 0.666. The van der Waals surface area contributed by atoms with E-state index in [2.05, 4.69) is 28.4 Å². The highest BCUT2D eigenvalue weighted by atomic mass is 16.3. The predicted octanol–water partition coefficient (Wildman–Crippen LogP) is 4.20. The largest absolute Gasteiger partial charge is 0.507 e. The zero-order chi connectivity index (χ0) is 21.1. The van der Waals surface area contributed by atoms with Gasteiger partial charge in [0.1, 0.15) is 11.6 Å². The molecule has 0 atom stereocenters. The van der Waals surface area contributed by atoms with E-state index in [1.165, 1.54) is 0 Å². The third-order valence-electron chi connectivity index (χ3n) is 5.61. The first kappa shape index (κ1) is 20.1. The molecule has 0 aliphatic carbocycles. The minimum atomic E-state index is 0.140. The van der Waals surface area contributed by atoms with E-state index in [4.69, 9.17) is 9.97 Å². The topological polar surface area (TPSA) is 78.4 Å². The van der Waals surface area contributed by atoms with Crippen LogP contribution in [0.4, 0.5) is 5.82 Å². The number of para-hydroxylation sites is 1. The van der Waals surface area contributed by atoms with Gasteiger partial charge in [-0.2, -0.15) is 0 Å². The SMILES string of the molecule is CCCC(=O)NC1CCN(c2nc(-c3ccccc3O)nc3cc(C)ccc23)CC1. The molecule has 1 saturated heterocycles. The van der Waals surface area contributed by atoms with Crippen LogP contribution < -0.4 is 10.2 Å². The number of hydrogen-bond acceptors (Lipinski definition) is 5. The first-order valence-corrected chi connectivity index (χ1v) is 10.7. The first-order valence-electron chi connectivity index (χ1n) is 10.7. The maximum Gasteiger partial charge on any atom is 0.220 e. The number of piperidine rings is 1. The second-order valence-corrected chi connectivity index (χ2v) is 7.99. The molecule has 0 radical (unpaired) electrons. The summed E-state index contributed by atoms with van der Waals surface area (Å²) in [6, 6.07) is 13.6. The molecule has 30 heavy (non-hydrogen) atoms. The standard InChI is InChI=1S/C24H28N4O2/c1-3-6-22(30)25-17-11-13-28(14-12-17)24-18-10-9-16(2)15-20(18)26-23(27-24)19-7-4-5-8-21(19)29/h4-5,7-10,15,17,29H,3,6,11-14H2,1-2H3,(H,25,30). The summed E-state index contributed by atoms with van der Waals surface area (Å²) < 4.78 is 0. The van der Waals surface area contributed by atoms with Gasteiger partial charge in [0, 0.05) is 30.9 Å². The Kier molecular flexibility index (Phi) is 5.84. The average Bonchev–Trinajstić information content (AvgIpc) is 2.74. The summed E-state index contributed by atoms with van der Waals surface area (Å²) >= 11 is 0. The van der Waals surface area contributed by atoms with Crippen LogP contribution in [-0.4, -0.2) is 40.1 Å². The van der Waals surface area contributed by atoms with Gasteiger partial charge in [-0.25, -0.2) is 9.97 Å². The number of benzene rings is 2. The Morgan fingerprint density at radius 1 is 1.17 bits per heavy atom. The van der Waals surface area contributed by atoms with Crippen LogP contribution in [0.1, 0.15) is 38.2 Å². The number of aromatic nitrogens is 2. The molecule has 4 rings (SSSR count). The van der Waals surface area contributed by atoms with E-state index in [9.17, 15) is 9.90 Å². The molecule has 3 aromatic rings. The summed E-state index contributed by atoms with van der Waals surface area (Å²) in [5.74, 6) is 1.73. The number of rotatable bonds is 5. The van der Waals surface area contributed by atoms with Crippen LogP contribution in [-0.2, 0) is 4.79 Å². The van der Waals surface area contributed by atoms with Crippen LogP contribution >= 0.6 is 0 Å². The number of aromatic hydroxyl groups is 1. The van der Waals surface area contributed by atoms with Gasteiger partial charge < -0.3 is 15.3 Å². The number of amides is 1. The number of hydrogen-bond donors (Lipinski definition) is 2. The number of carbonyl (C=O) groups is 1. The first-order chi connectivity index (χ1) is 14.5. The Bertz CT molecular complexity index is 1060. The van der Waals surface area contributed by atoms with E-state index >= 15 is 0 Å². The summed E-state index contributed by atoms with van der Waals surface area (Å²) in [5, 5.41) is 14.5. The zero-order valence-corrected chi connectivity index (χ0v) is 17.6. The molecule has 1 aromatic heterocycles. The molecular weight excluding hydrogens is 376 g/mol. The van der Waals surface area contributed by atoms with E-state index < -0.39 is 0 Å². The highest BCUT2D eigenvalue weighted by Crippen LogP contribution is 2.32. The maximum absolute atomic E-state index is 11.9. The molecular formula is C24H28N4O2. The van der Waals surface area contributed by atoms with E-state index in [-0.39, 0.29) is 17.7 Å². The van der Waals surface area contributed by atoms with Gasteiger partial charge in [0.05, 0.1) is 11.1 Å². The number of phenolic OH excluding ortho intramolecular Hbond substituents is 1. The van der Waals surface area contributed by atoms with E-state index in [1.807, 2.05) is 26.0 Å². The second kappa shape index (κ2) is 8.69. The van der Waals surface area contributed by atoms with Crippen molar-refractivity contribution >= 4 is 22.6 Å². The minimum absolute atomic E-state index is 0.140. The van der Waals surface area contributed by atoms with E-state index in [0.29, 0.717) is 17.8 Å². The smallest absolute Gasteiger partial charge is 0.220 e. The monoisotopic (exact) mass is 404 g/mol. The Morgan fingerprint density at radius 3 is 2.67 bits per heavy atom. The number of carbonyl (C=O) groups excluding carboxylic acids is 1. The van der Waals surface area contributed by atoms with Gasteiger partial charge in [-0.15, -0.1) is 0 Å². The lowest BCUT2D eigenvalue weighted by Crippen LogP contribution is -2.45. The highest BCUT2D eigenvalue weighted by Gasteiger charge is 2.24. The number of phenols is 1. The van der Waals surface area contributed by atoms with Crippen LogP contribution in [0.3, 0.4) is 0 Å². The highest BCUT2D eigenvalue weighted by molar-refractivity contribution is 5.92. The third-order valence-corrected chi connectivity index (χ3v) is 5.61. The Labute approximate surface area is 177 Å². The van der Waals surface area contributed by atoms with Crippen LogP contribution in [0.15, 0.2) is 42.5 Å². The third kappa shape index (κ3) is 4.22. The molecule has 6 heteroatoms. The fourth-order valence-electron chi connectivity index (χ4n) is 4.01. The van der Waals surface area contributed by atoms with Gasteiger partial charge in [0.15, 0.2) is 5.82 Å². The van der Waals surface area contributed by atoms with Crippen LogP contribution in [0.2, 0.25) is 0 Å². The van der Waals surface area contributed by atoms with Crippen molar-refractivity contribution in [1.82, 2.24) is 15.3 Å². The molecule has 6 nitrogen and oxygen atoms in total. The minimum Gasteiger partial charge on any atom is -0.507 e. The number of anilines is 1. The average molecular weight is 405 g/mol. The molecule has 1 aliphatic rings. The summed E-state index contributed by atoms with van der Waals surface area (Å²) in [4.78, 5) is 23.8. The maximum atomic E-state index is 11.9. The molecule has 1 aliphatic heterocycles. The van der Waals surface area contributed by atoms with Crippen LogP contribution in [0.25, 0.3) is 22.3 Å². The number of fused-ring (bicyclic) bond motifs is 1. The van der Waals surface area contributed by atoms with Crippen molar-refractivity contribution in [2.75, 3.05) is 18.0 Å². The van der Waals surface area contributed by atoms with Crippen LogP contribution in [0, 0.1) is 6.92 Å². The molecule has 0 unspecified atom stereocenters. The Balaban J connectivity index is 1.65. The van der Waals surface area contributed by atoms with Crippen molar-refractivity contribution in [1.29, 1.82) is 0 Å². The fourth-order valence-corrected chi connectivity index (χ4v) is 4.01. The lowest BCUT2D eigenvalue weighted by molar-refractivity contribution is -0.121. The summed E-state index contributed by atoms with van der Waals surface area (Å²) in [6.45, 7) is 5.70. The van der Waals surface area contributed by atoms with Crippen molar-refractivity contribution in [2.24, 2.45) is 0 Å². The van der Waals surface area contributed by atoms with E-state index in [1.54, 1.807) is 12.1 Å². The fraction of sp³-hybridized carbons (Fsp3) is 0.375. The number of aryl methyl sites for hydroxylation is 1. The molecule has 0 bridgehead atoms. The molecule has 1 amide bonds. The van der Waals surface area contributed by atoms with Crippen molar-refractivity contribution < 1.29 is 9.90 Å². The Morgan fingerprint density at radius 2 is 1.93 bits per heavy atom. The molecule has 0 spiro atoms. The van der Waals surface area contributed by atoms with Gasteiger partial charge in [0.25, 0.3) is 0 Å². The van der Waals surface area contributed by atoms with Crippen molar-refractivity contribution in [3.05, 3.63) is 48.0 Å². The van der Waals surface area contributed by atoms with Crippen LogP contribution in [0.5, 0.6) is 5.75 Å². The van der Waals surface area contributed by atoms with Gasteiger partial charge in [-0.05, 0) is 56.0 Å². The Hall–Kier alpha value is -3.15. The van der Waals surface area contributed by atoms with E-state index in [0.717, 1.165) is 54.6 Å². The summed E-state index contributed by atoms with van der Waals surface area (Å²) in [6.07, 6.45) is 3.23. The molecule has 2 aromatic carbocycles. The molecule has 0 saturated carbocycles. The van der Waals surface area contributed by atoms with Gasteiger partial charge in [-0.3, -0.25) is 4.79 Å². The summed E-state index contributed by atoms with van der Waals surface area (Å²) in [7, 11) is 0. The zero-order valence-electron chi connectivity index (χ0n) is 17.6. The molecule has 156 valence electrons. The second-order valence-electron chi connectivity index (χ2n) is 7.99.